The number of hydrogen-bond donors (Lipinski definition) is 1. The van der Waals surface area contributed by atoms with E-state index in [0.29, 0.717) is 18.4 Å². The quantitative estimate of drug-likeness (QED) is 0.715. The van der Waals surface area contributed by atoms with Crippen molar-refractivity contribution in [3.8, 4) is 5.95 Å². The van der Waals surface area contributed by atoms with Gasteiger partial charge < -0.3 is 5.73 Å². The van der Waals surface area contributed by atoms with Crippen molar-refractivity contribution in [1.82, 2.24) is 19.7 Å². The Bertz CT molecular complexity index is 994. The first-order valence-electron chi connectivity index (χ1n) is 8.92. The molecule has 0 amide bonds. The van der Waals surface area contributed by atoms with Gasteiger partial charge in [0.1, 0.15) is 5.82 Å². The summed E-state index contributed by atoms with van der Waals surface area (Å²) in [4.78, 5) is 7.93. The van der Waals surface area contributed by atoms with Gasteiger partial charge in [-0.1, -0.05) is 36.4 Å². The van der Waals surface area contributed by atoms with E-state index < -0.39 is 11.9 Å². The minimum atomic E-state index is -4.62. The Labute approximate surface area is 159 Å². The third-order valence-electron chi connectivity index (χ3n) is 4.93. The number of nitrogens with zero attached hydrogens (tertiary/aromatic N) is 4. The third-order valence-corrected chi connectivity index (χ3v) is 4.93. The lowest BCUT2D eigenvalue weighted by Gasteiger charge is -2.23. The van der Waals surface area contributed by atoms with Crippen molar-refractivity contribution in [3.05, 3.63) is 71.7 Å². The normalized spacial score (nSPS) is 17.4. The Hall–Kier alpha value is -3.16. The maximum Gasteiger partial charge on any atom is 0.435 e. The number of alkyl halides is 3. The van der Waals surface area contributed by atoms with Crippen LogP contribution in [0.5, 0.6) is 0 Å². The number of halogens is 3. The summed E-state index contributed by atoms with van der Waals surface area (Å²) in [5, 5.41) is 3.70. The largest absolute Gasteiger partial charge is 0.435 e. The van der Waals surface area contributed by atoms with Crippen LogP contribution in [0.4, 0.5) is 19.0 Å². The van der Waals surface area contributed by atoms with Gasteiger partial charge in [0.2, 0.25) is 0 Å². The van der Waals surface area contributed by atoms with Crippen molar-refractivity contribution >= 4 is 11.4 Å². The maximum atomic E-state index is 13.7. The van der Waals surface area contributed by atoms with Crippen LogP contribution in [0.1, 0.15) is 42.0 Å². The molecule has 0 saturated carbocycles. The summed E-state index contributed by atoms with van der Waals surface area (Å²) in [5.74, 6) is 0.200. The second kappa shape index (κ2) is 7.10. The van der Waals surface area contributed by atoms with Gasteiger partial charge in [0, 0.05) is 12.4 Å². The van der Waals surface area contributed by atoms with E-state index in [0.717, 1.165) is 11.1 Å². The van der Waals surface area contributed by atoms with Crippen LogP contribution in [-0.4, -0.2) is 19.7 Å². The molecule has 1 atom stereocenters. The SMILES string of the molecule is Nc1c(C2=CCC(c3ccccc3)CC2)c(C(F)(F)F)nn1-c1ncccn1. The highest BCUT2D eigenvalue weighted by Crippen LogP contribution is 2.43. The van der Waals surface area contributed by atoms with Gasteiger partial charge in [-0.3, -0.25) is 0 Å². The molecule has 0 spiro atoms. The van der Waals surface area contributed by atoms with Gasteiger partial charge in [0.05, 0.1) is 5.56 Å². The Balaban J connectivity index is 1.73. The zero-order valence-corrected chi connectivity index (χ0v) is 14.9. The average Bonchev–Trinajstić information content (AvgIpc) is 3.07. The number of anilines is 1. The summed E-state index contributed by atoms with van der Waals surface area (Å²) in [6.45, 7) is 0. The number of rotatable bonds is 3. The molecule has 4 rings (SSSR count). The summed E-state index contributed by atoms with van der Waals surface area (Å²) in [5.41, 5.74) is 6.79. The molecule has 144 valence electrons. The van der Waals surface area contributed by atoms with Gasteiger partial charge in [-0.15, -0.1) is 0 Å². The molecule has 0 bridgehead atoms. The van der Waals surface area contributed by atoms with Gasteiger partial charge in [-0.05, 0) is 42.4 Å². The molecule has 8 heteroatoms. The molecule has 3 aromatic rings. The van der Waals surface area contributed by atoms with E-state index >= 15 is 0 Å². The molecule has 1 aromatic carbocycles. The van der Waals surface area contributed by atoms with Crippen molar-refractivity contribution < 1.29 is 13.2 Å². The molecule has 1 aliphatic rings. The zero-order chi connectivity index (χ0) is 19.7. The summed E-state index contributed by atoms with van der Waals surface area (Å²) >= 11 is 0. The van der Waals surface area contributed by atoms with Crippen LogP contribution in [0.25, 0.3) is 11.5 Å². The van der Waals surface area contributed by atoms with Crippen molar-refractivity contribution in [1.29, 1.82) is 0 Å². The second-order valence-electron chi connectivity index (χ2n) is 6.68. The predicted molar refractivity (Wildman–Crippen MR) is 99.6 cm³/mol. The zero-order valence-electron chi connectivity index (χ0n) is 14.9. The summed E-state index contributed by atoms with van der Waals surface area (Å²) in [7, 11) is 0. The van der Waals surface area contributed by atoms with Gasteiger partial charge >= 0.3 is 6.18 Å². The fourth-order valence-electron chi connectivity index (χ4n) is 3.59. The molecule has 1 aliphatic carbocycles. The lowest BCUT2D eigenvalue weighted by Crippen LogP contribution is -2.11. The summed E-state index contributed by atoms with van der Waals surface area (Å²) in [6, 6.07) is 11.6. The number of allylic oxidation sites excluding steroid dienone is 2. The monoisotopic (exact) mass is 385 g/mol. The van der Waals surface area contributed by atoms with Crippen molar-refractivity contribution in [2.45, 2.75) is 31.4 Å². The average molecular weight is 385 g/mol. The van der Waals surface area contributed by atoms with Gasteiger partial charge in [-0.2, -0.15) is 23.0 Å². The lowest BCUT2D eigenvalue weighted by molar-refractivity contribution is -0.141. The van der Waals surface area contributed by atoms with E-state index in [1.807, 2.05) is 36.4 Å². The Kier molecular flexibility index (Phi) is 4.62. The van der Waals surface area contributed by atoms with E-state index in [2.05, 4.69) is 15.1 Å². The molecule has 2 N–H and O–H groups in total. The van der Waals surface area contributed by atoms with Crippen LogP contribution in [0, 0.1) is 0 Å². The number of hydrogen-bond acceptors (Lipinski definition) is 4. The lowest BCUT2D eigenvalue weighted by atomic mass is 9.82. The highest BCUT2D eigenvalue weighted by molar-refractivity contribution is 5.77. The van der Waals surface area contributed by atoms with Crippen molar-refractivity contribution in [2.75, 3.05) is 5.73 Å². The summed E-state index contributed by atoms with van der Waals surface area (Å²) < 4.78 is 41.9. The molecule has 28 heavy (non-hydrogen) atoms. The molecule has 2 heterocycles. The van der Waals surface area contributed by atoms with Gasteiger partial charge in [0.15, 0.2) is 5.69 Å². The van der Waals surface area contributed by atoms with E-state index in [1.54, 1.807) is 6.07 Å². The first-order chi connectivity index (χ1) is 13.4. The van der Waals surface area contributed by atoms with E-state index in [1.165, 1.54) is 18.0 Å². The standard InChI is InChI=1S/C20H18F3N5/c21-20(22,23)17-16(18(24)28(27-17)19-25-11-4-12-26-19)15-9-7-14(8-10-15)13-5-2-1-3-6-13/h1-6,9,11-12,14H,7-8,10,24H2. The number of nitrogen functional groups attached to an aromatic ring is 1. The van der Waals surface area contributed by atoms with E-state index in [9.17, 15) is 13.2 Å². The molecule has 0 saturated heterocycles. The van der Waals surface area contributed by atoms with Crippen LogP contribution >= 0.6 is 0 Å². The minimum absolute atomic E-state index is 0.00956. The first kappa shape index (κ1) is 18.2. The molecular weight excluding hydrogens is 367 g/mol. The number of nitrogens with two attached hydrogens (primary N) is 1. The minimum Gasteiger partial charge on any atom is -0.383 e. The van der Waals surface area contributed by atoms with Gasteiger partial charge in [0.25, 0.3) is 5.95 Å². The highest BCUT2D eigenvalue weighted by Gasteiger charge is 2.40. The Morgan fingerprint density at radius 2 is 1.75 bits per heavy atom. The molecular formula is C20H18F3N5. The third kappa shape index (κ3) is 3.37. The fourth-order valence-corrected chi connectivity index (χ4v) is 3.59. The van der Waals surface area contributed by atoms with Crippen molar-refractivity contribution in [3.63, 3.8) is 0 Å². The van der Waals surface area contributed by atoms with Crippen LogP contribution in [0.2, 0.25) is 0 Å². The van der Waals surface area contributed by atoms with Crippen LogP contribution in [0.3, 0.4) is 0 Å². The number of aromatic nitrogens is 4. The van der Waals surface area contributed by atoms with Crippen LogP contribution in [-0.2, 0) is 6.18 Å². The molecule has 5 nitrogen and oxygen atoms in total. The topological polar surface area (TPSA) is 69.6 Å². The molecule has 0 radical (unpaired) electrons. The predicted octanol–water partition coefficient (Wildman–Crippen LogP) is 4.61. The fraction of sp³-hybridized carbons (Fsp3) is 0.250. The Morgan fingerprint density at radius 1 is 1.04 bits per heavy atom. The molecule has 0 aliphatic heterocycles. The van der Waals surface area contributed by atoms with Crippen LogP contribution in [0.15, 0.2) is 54.9 Å². The van der Waals surface area contributed by atoms with E-state index in [-0.39, 0.29) is 23.2 Å². The molecule has 0 fully saturated rings. The maximum absolute atomic E-state index is 13.7. The first-order valence-corrected chi connectivity index (χ1v) is 8.92. The smallest absolute Gasteiger partial charge is 0.383 e. The van der Waals surface area contributed by atoms with Crippen molar-refractivity contribution in [2.24, 2.45) is 0 Å². The summed E-state index contributed by atoms with van der Waals surface area (Å²) in [6.07, 6.45) is 1.99. The number of benzene rings is 1. The Morgan fingerprint density at radius 3 is 2.36 bits per heavy atom. The van der Waals surface area contributed by atoms with Gasteiger partial charge in [-0.25, -0.2) is 9.97 Å². The molecule has 1 unspecified atom stereocenters. The van der Waals surface area contributed by atoms with Crippen LogP contribution < -0.4 is 5.73 Å². The molecule has 2 aromatic heterocycles. The highest BCUT2D eigenvalue weighted by atomic mass is 19.4. The van der Waals surface area contributed by atoms with E-state index in [4.69, 9.17) is 5.73 Å². The second-order valence-corrected chi connectivity index (χ2v) is 6.68.